The number of rotatable bonds is 14. The fraction of sp³-hybridized carbons (Fsp3) is 0.242. The summed E-state index contributed by atoms with van der Waals surface area (Å²) in [7, 11) is -7.35. The molecule has 0 amide bonds. The molecule has 0 bridgehead atoms. The summed E-state index contributed by atoms with van der Waals surface area (Å²) in [5.74, 6) is -3.35. The molecule has 276 valence electrons. The van der Waals surface area contributed by atoms with Gasteiger partial charge in [-0.15, -0.1) is 0 Å². The second-order valence-electron chi connectivity index (χ2n) is 10.9. The number of carbonyl (C=O) groups is 1. The number of aromatic hydroxyl groups is 1. The van der Waals surface area contributed by atoms with Crippen LogP contribution in [0.25, 0.3) is 0 Å². The van der Waals surface area contributed by atoms with Crippen LogP contribution in [-0.2, 0) is 36.8 Å². The first-order valence-corrected chi connectivity index (χ1v) is 18.2. The van der Waals surface area contributed by atoms with Crippen LogP contribution < -0.4 is 14.8 Å². The minimum atomic E-state index is -5.08. The molecule has 18 heteroatoms. The number of nitrogens with one attached hydrogen (secondary N) is 2. The number of anilines is 1. The van der Waals surface area contributed by atoms with Crippen molar-refractivity contribution in [2.45, 2.75) is 42.0 Å². The van der Waals surface area contributed by atoms with Gasteiger partial charge in [-0.25, -0.2) is 21.6 Å². The summed E-state index contributed by atoms with van der Waals surface area (Å²) in [6, 6.07) is 24.7. The van der Waals surface area contributed by atoms with Crippen molar-refractivity contribution < 1.29 is 63.6 Å². The van der Waals surface area contributed by atoms with E-state index in [1.165, 1.54) is 42.5 Å². The Morgan fingerprint density at radius 3 is 1.94 bits per heavy atom. The molecular weight excluding hydrogens is 727 g/mol. The van der Waals surface area contributed by atoms with Crippen LogP contribution in [0.5, 0.6) is 11.5 Å². The van der Waals surface area contributed by atoms with Gasteiger partial charge in [-0.3, -0.25) is 4.72 Å². The molecule has 0 heterocycles. The highest BCUT2D eigenvalue weighted by atomic mass is 32.2. The Balaban J connectivity index is 0.000000908. The van der Waals surface area contributed by atoms with Crippen LogP contribution in [-0.4, -0.2) is 63.7 Å². The normalized spacial score (nSPS) is 13.1. The van der Waals surface area contributed by atoms with E-state index < -0.39 is 50.8 Å². The summed E-state index contributed by atoms with van der Waals surface area (Å²) in [4.78, 5) is 9.09. The van der Waals surface area contributed by atoms with E-state index in [4.69, 9.17) is 9.90 Å². The molecule has 0 aromatic heterocycles. The predicted octanol–water partition coefficient (Wildman–Crippen LogP) is 5.58. The molecule has 1 unspecified atom stereocenters. The third kappa shape index (κ3) is 13.1. The lowest BCUT2D eigenvalue weighted by atomic mass is 9.95. The molecule has 0 fully saturated rings. The summed E-state index contributed by atoms with van der Waals surface area (Å²) in [6.07, 6.45) is -5.02. The minimum Gasteiger partial charge on any atom is -0.506 e. The Bertz CT molecular complexity index is 1980. The van der Waals surface area contributed by atoms with E-state index in [-0.39, 0.29) is 40.8 Å². The monoisotopic (exact) mass is 760 g/mol. The molecule has 0 saturated carbocycles. The van der Waals surface area contributed by atoms with E-state index in [2.05, 4.69) is 14.8 Å². The van der Waals surface area contributed by atoms with Crippen molar-refractivity contribution in [3.8, 4) is 11.5 Å². The maximum atomic E-state index is 13.2. The Morgan fingerprint density at radius 2 is 1.39 bits per heavy atom. The highest BCUT2D eigenvalue weighted by Gasteiger charge is 2.38. The van der Waals surface area contributed by atoms with E-state index in [1.54, 1.807) is 54.6 Å². The van der Waals surface area contributed by atoms with E-state index in [9.17, 15) is 49.0 Å². The highest BCUT2D eigenvalue weighted by molar-refractivity contribution is 7.92. The van der Waals surface area contributed by atoms with Gasteiger partial charge in [-0.1, -0.05) is 60.7 Å². The Hall–Kier alpha value is -4.78. The number of aliphatic hydroxyl groups excluding tert-OH is 1. The second-order valence-corrected chi connectivity index (χ2v) is 14.7. The largest absolute Gasteiger partial charge is 0.506 e. The van der Waals surface area contributed by atoms with Gasteiger partial charge in [0.05, 0.1) is 28.7 Å². The van der Waals surface area contributed by atoms with Crippen LogP contribution in [0.1, 0.15) is 34.4 Å². The highest BCUT2D eigenvalue weighted by Crippen LogP contribution is 2.30. The van der Waals surface area contributed by atoms with Crippen LogP contribution in [0.4, 0.5) is 27.6 Å². The van der Waals surface area contributed by atoms with Crippen molar-refractivity contribution in [2.24, 2.45) is 0 Å². The van der Waals surface area contributed by atoms with Crippen molar-refractivity contribution >= 4 is 31.5 Å². The first kappa shape index (κ1) is 40.6. The molecule has 11 nitrogen and oxygen atoms in total. The third-order valence-electron chi connectivity index (χ3n) is 7.00. The zero-order chi connectivity index (χ0) is 38.0. The fourth-order valence-electron chi connectivity index (χ4n) is 4.64. The molecule has 4 aromatic carbocycles. The number of aliphatic carboxylic acids is 1. The molecule has 2 atom stereocenters. The quantitative estimate of drug-likeness (QED) is 0.0805. The average molecular weight is 761 g/mol. The van der Waals surface area contributed by atoms with Gasteiger partial charge in [0, 0.05) is 12.6 Å². The minimum absolute atomic E-state index is 0.0342. The lowest BCUT2D eigenvalue weighted by Crippen LogP contribution is -2.28. The van der Waals surface area contributed by atoms with Crippen LogP contribution in [0.2, 0.25) is 0 Å². The first-order chi connectivity index (χ1) is 23.7. The number of sulfone groups is 1. The average Bonchev–Trinajstić information content (AvgIpc) is 3.04. The van der Waals surface area contributed by atoms with Crippen molar-refractivity contribution in [1.82, 2.24) is 5.32 Å². The number of carboxylic acid groups (broad SMARTS) is 1. The van der Waals surface area contributed by atoms with Crippen molar-refractivity contribution in [1.29, 1.82) is 0 Å². The van der Waals surface area contributed by atoms with Gasteiger partial charge in [0.25, 0.3) is 0 Å². The van der Waals surface area contributed by atoms with Crippen molar-refractivity contribution in [2.75, 3.05) is 17.5 Å². The molecule has 0 aliphatic rings. The molecule has 0 saturated heterocycles. The zero-order valence-electron chi connectivity index (χ0n) is 26.6. The zero-order valence-corrected chi connectivity index (χ0v) is 28.2. The number of sulfonamides is 1. The summed E-state index contributed by atoms with van der Waals surface area (Å²) in [5.41, 5.74) is 2.18. The second kappa shape index (κ2) is 17.4. The molecule has 51 heavy (non-hydrogen) atoms. The van der Waals surface area contributed by atoms with Crippen molar-refractivity contribution in [3.05, 3.63) is 119 Å². The van der Waals surface area contributed by atoms with Crippen molar-refractivity contribution in [3.63, 3.8) is 0 Å². The molecule has 0 spiro atoms. The molecule has 0 radical (unpaired) electrons. The number of halogens is 5. The number of hydrogen-bond acceptors (Lipinski definition) is 9. The fourth-order valence-corrected chi connectivity index (χ4v) is 6.63. The molecule has 4 rings (SSSR count). The summed E-state index contributed by atoms with van der Waals surface area (Å²) in [6.45, 7) is -3.02. The van der Waals surface area contributed by atoms with E-state index in [1.807, 2.05) is 0 Å². The number of hydrogen-bond donors (Lipinski definition) is 5. The van der Waals surface area contributed by atoms with Crippen LogP contribution >= 0.6 is 0 Å². The lowest BCUT2D eigenvalue weighted by Gasteiger charge is -2.23. The maximum absolute atomic E-state index is 13.2. The maximum Gasteiger partial charge on any atom is 0.490 e. The van der Waals surface area contributed by atoms with Crippen LogP contribution in [0, 0.1) is 0 Å². The topological polar surface area (TPSA) is 179 Å². The van der Waals surface area contributed by atoms with Gasteiger partial charge in [0.15, 0.2) is 9.84 Å². The van der Waals surface area contributed by atoms with Crippen LogP contribution in [0.3, 0.4) is 0 Å². The Morgan fingerprint density at radius 1 is 0.843 bits per heavy atom. The van der Waals surface area contributed by atoms with Gasteiger partial charge in [0.1, 0.15) is 11.5 Å². The molecular formula is C33H33F5N2O9S2. The molecule has 4 aromatic rings. The van der Waals surface area contributed by atoms with Gasteiger partial charge in [-0.2, -0.15) is 22.0 Å². The smallest absolute Gasteiger partial charge is 0.490 e. The van der Waals surface area contributed by atoms with Gasteiger partial charge >= 0.3 is 18.8 Å². The first-order valence-electron chi connectivity index (χ1n) is 14.7. The standard InChI is InChI=1S/C31H32F2N2O7S2.C2HF3O2/c1-43(38,39)35-28-18-23(13-16-29(28)36)30(37)19-34-27(21-11-14-25(15-12-21)42-31(32)33)17-22-7-5-6-8-24(22)20-44(40,41)26-9-3-2-4-10-26;3-2(4,5)1(6)7/h2-16,18,27,30-31,34-37H,17,19-20H2,1H3;(H,6,7)/t27?,30-;/m0./s1. The number of aliphatic hydroxyl groups is 1. The number of phenolic OH excluding ortho intramolecular Hbond substituents is 1. The molecule has 5 N–H and O–H groups in total. The number of alkyl halides is 5. The Kier molecular flexibility index (Phi) is 13.9. The summed E-state index contributed by atoms with van der Waals surface area (Å²) in [5, 5.41) is 31.4. The summed E-state index contributed by atoms with van der Waals surface area (Å²) >= 11 is 0. The SMILES string of the molecule is CS(=O)(=O)Nc1cc([C@@H](O)CNC(Cc2ccccc2CS(=O)(=O)c2ccccc2)c2ccc(OC(F)F)cc2)ccc1O.O=C(O)C(F)(F)F. The van der Waals surface area contributed by atoms with Gasteiger partial charge in [0.2, 0.25) is 10.0 Å². The summed E-state index contributed by atoms with van der Waals surface area (Å²) < 4.78 is 114. The Labute approximate surface area is 290 Å². The van der Waals surface area contributed by atoms with Crippen LogP contribution in [0.15, 0.2) is 102 Å². The van der Waals surface area contributed by atoms with E-state index in [0.717, 1.165) is 11.8 Å². The molecule has 0 aliphatic carbocycles. The number of carboxylic acids is 1. The van der Waals surface area contributed by atoms with E-state index >= 15 is 0 Å². The third-order valence-corrected chi connectivity index (χ3v) is 9.27. The van der Waals surface area contributed by atoms with E-state index in [0.29, 0.717) is 16.7 Å². The van der Waals surface area contributed by atoms with Gasteiger partial charge < -0.3 is 25.4 Å². The number of benzene rings is 4. The number of ether oxygens (including phenoxy) is 1. The lowest BCUT2D eigenvalue weighted by molar-refractivity contribution is -0.192. The molecule has 0 aliphatic heterocycles. The van der Waals surface area contributed by atoms with Gasteiger partial charge in [-0.05, 0) is 65.1 Å². The predicted molar refractivity (Wildman–Crippen MR) is 177 cm³/mol. The number of phenols is 1.